The van der Waals surface area contributed by atoms with Crippen molar-refractivity contribution in [3.8, 4) is 11.5 Å². The van der Waals surface area contributed by atoms with Crippen molar-refractivity contribution in [3.63, 3.8) is 0 Å². The molecule has 0 fully saturated rings. The predicted octanol–water partition coefficient (Wildman–Crippen LogP) is 3.74. The molecule has 0 bridgehead atoms. The first kappa shape index (κ1) is 15.9. The maximum atomic E-state index is 12.3. The Balaban J connectivity index is 1.48. The van der Waals surface area contributed by atoms with Crippen molar-refractivity contribution in [1.82, 2.24) is 15.1 Å². The number of hydrogen-bond acceptors (Lipinski definition) is 6. The van der Waals surface area contributed by atoms with E-state index in [0.29, 0.717) is 27.6 Å². The van der Waals surface area contributed by atoms with Gasteiger partial charge in [-0.1, -0.05) is 29.8 Å². The molecule has 8 heteroatoms. The zero-order chi connectivity index (χ0) is 17.4. The molecule has 0 unspecified atom stereocenters. The summed E-state index contributed by atoms with van der Waals surface area (Å²) in [4.78, 5) is 25.8. The fourth-order valence-electron chi connectivity index (χ4n) is 2.48. The lowest BCUT2D eigenvalue weighted by molar-refractivity contribution is 0.0684. The molecule has 0 saturated carbocycles. The summed E-state index contributed by atoms with van der Waals surface area (Å²) >= 11 is 7.07. The van der Waals surface area contributed by atoms with Crippen LogP contribution in [0.15, 0.2) is 58.2 Å². The van der Waals surface area contributed by atoms with E-state index in [9.17, 15) is 9.59 Å². The van der Waals surface area contributed by atoms with Gasteiger partial charge < -0.3 is 4.42 Å². The molecule has 25 heavy (non-hydrogen) atoms. The zero-order valence-electron chi connectivity index (χ0n) is 12.7. The third-order valence-corrected chi connectivity index (χ3v) is 4.71. The third-order valence-electron chi connectivity index (χ3n) is 3.67. The smallest absolute Gasteiger partial charge is 0.278 e. The van der Waals surface area contributed by atoms with Crippen LogP contribution in [-0.4, -0.2) is 32.8 Å². The van der Waals surface area contributed by atoms with Gasteiger partial charge in [-0.05, 0) is 42.1 Å². The molecule has 124 valence electrons. The summed E-state index contributed by atoms with van der Waals surface area (Å²) in [5, 5.41) is 8.74. The number of thioether (sulfide) groups is 1. The molecule has 0 aliphatic carbocycles. The van der Waals surface area contributed by atoms with E-state index in [0.717, 1.165) is 11.8 Å². The van der Waals surface area contributed by atoms with Crippen molar-refractivity contribution < 1.29 is 14.0 Å². The van der Waals surface area contributed by atoms with E-state index in [1.54, 1.807) is 48.5 Å². The Morgan fingerprint density at radius 3 is 2.40 bits per heavy atom. The molecule has 2 aromatic carbocycles. The van der Waals surface area contributed by atoms with Gasteiger partial charge in [0.2, 0.25) is 5.89 Å². The predicted molar refractivity (Wildman–Crippen MR) is 92.4 cm³/mol. The third kappa shape index (κ3) is 2.92. The van der Waals surface area contributed by atoms with Gasteiger partial charge in [-0.15, -0.1) is 10.2 Å². The van der Waals surface area contributed by atoms with Crippen molar-refractivity contribution in [1.29, 1.82) is 0 Å². The molecule has 3 aromatic rings. The topological polar surface area (TPSA) is 76.3 Å². The summed E-state index contributed by atoms with van der Waals surface area (Å²) in [6.45, 7) is 0. The van der Waals surface area contributed by atoms with Gasteiger partial charge in [-0.3, -0.25) is 14.5 Å². The summed E-state index contributed by atoms with van der Waals surface area (Å²) < 4.78 is 5.56. The van der Waals surface area contributed by atoms with Crippen molar-refractivity contribution in [2.75, 3.05) is 5.88 Å². The fourth-order valence-corrected chi connectivity index (χ4v) is 3.38. The van der Waals surface area contributed by atoms with E-state index in [1.165, 1.54) is 4.90 Å². The summed E-state index contributed by atoms with van der Waals surface area (Å²) in [6.07, 6.45) is 0. The molecular formula is C17H10ClN3O3S. The Morgan fingerprint density at radius 1 is 1.00 bits per heavy atom. The molecule has 0 spiro atoms. The van der Waals surface area contributed by atoms with Crippen molar-refractivity contribution in [2.45, 2.75) is 5.22 Å². The van der Waals surface area contributed by atoms with Crippen LogP contribution in [0.25, 0.3) is 11.5 Å². The lowest BCUT2D eigenvalue weighted by Crippen LogP contribution is -2.29. The van der Waals surface area contributed by atoms with Gasteiger partial charge in [-0.2, -0.15) is 0 Å². The minimum Gasteiger partial charge on any atom is -0.411 e. The van der Waals surface area contributed by atoms with Gasteiger partial charge >= 0.3 is 0 Å². The highest BCUT2D eigenvalue weighted by Gasteiger charge is 2.35. The number of carbonyl (C=O) groups excluding carboxylic acids is 2. The van der Waals surface area contributed by atoms with Crippen LogP contribution in [-0.2, 0) is 0 Å². The minimum atomic E-state index is -0.317. The van der Waals surface area contributed by atoms with Gasteiger partial charge in [0.1, 0.15) is 0 Å². The molecule has 6 nitrogen and oxygen atoms in total. The van der Waals surface area contributed by atoms with Crippen molar-refractivity contribution >= 4 is 35.2 Å². The number of hydrogen-bond donors (Lipinski definition) is 0. The van der Waals surface area contributed by atoms with Crippen molar-refractivity contribution in [3.05, 3.63) is 64.7 Å². The average Bonchev–Trinajstić information content (AvgIpc) is 3.18. The second-order valence-electron chi connectivity index (χ2n) is 5.24. The van der Waals surface area contributed by atoms with Crippen LogP contribution in [0, 0.1) is 0 Å². The molecule has 2 heterocycles. The van der Waals surface area contributed by atoms with E-state index >= 15 is 0 Å². The average molecular weight is 372 g/mol. The Kier molecular flexibility index (Phi) is 4.03. The molecule has 0 N–H and O–H groups in total. The van der Waals surface area contributed by atoms with E-state index in [-0.39, 0.29) is 22.9 Å². The summed E-state index contributed by atoms with van der Waals surface area (Å²) in [5.74, 6) is -0.207. The second kappa shape index (κ2) is 6.34. The number of halogens is 1. The molecule has 1 aliphatic heterocycles. The van der Waals surface area contributed by atoms with Gasteiger partial charge in [0.05, 0.1) is 17.0 Å². The molecule has 0 saturated heterocycles. The number of nitrogens with zero attached hydrogens (tertiary/aromatic N) is 3. The number of rotatable bonds is 4. The lowest BCUT2D eigenvalue weighted by Gasteiger charge is -2.11. The SMILES string of the molecule is O=C1c2ccccc2C(=O)N1CSc1nnc(-c2cccc(Cl)c2)o1. The van der Waals surface area contributed by atoms with Crippen LogP contribution >= 0.6 is 23.4 Å². The maximum Gasteiger partial charge on any atom is 0.278 e. The fraction of sp³-hybridized carbons (Fsp3) is 0.0588. The van der Waals surface area contributed by atoms with Crippen molar-refractivity contribution in [2.24, 2.45) is 0 Å². The Labute approximate surface area is 151 Å². The normalized spacial score (nSPS) is 13.4. The summed E-state index contributed by atoms with van der Waals surface area (Å²) in [6, 6.07) is 13.8. The number of carbonyl (C=O) groups is 2. The highest BCUT2D eigenvalue weighted by atomic mass is 35.5. The minimum absolute atomic E-state index is 0.101. The van der Waals surface area contributed by atoms with Gasteiger partial charge in [0, 0.05) is 10.6 Å². The standard InChI is InChI=1S/C17H10ClN3O3S/c18-11-5-3-4-10(8-11)14-19-20-17(24-14)25-9-21-15(22)12-6-1-2-7-13(12)16(21)23/h1-8H,9H2. The Morgan fingerprint density at radius 2 is 1.72 bits per heavy atom. The van der Waals surface area contributed by atoms with Crippen LogP contribution in [0.4, 0.5) is 0 Å². The summed E-state index contributed by atoms with van der Waals surface area (Å²) in [5.41, 5.74) is 1.53. The van der Waals surface area contributed by atoms with Crippen LogP contribution in [0.1, 0.15) is 20.7 Å². The quantitative estimate of drug-likeness (QED) is 0.513. The monoisotopic (exact) mass is 371 g/mol. The molecule has 4 rings (SSSR count). The van der Waals surface area contributed by atoms with E-state index in [1.807, 2.05) is 0 Å². The largest absolute Gasteiger partial charge is 0.411 e. The number of imide groups is 1. The van der Waals surface area contributed by atoms with E-state index < -0.39 is 0 Å². The number of fused-ring (bicyclic) bond motifs is 1. The second-order valence-corrected chi connectivity index (χ2v) is 6.57. The highest BCUT2D eigenvalue weighted by molar-refractivity contribution is 7.99. The van der Waals surface area contributed by atoms with Crippen LogP contribution in [0.3, 0.4) is 0 Å². The van der Waals surface area contributed by atoms with Gasteiger partial charge in [-0.25, -0.2) is 0 Å². The number of aromatic nitrogens is 2. The highest BCUT2D eigenvalue weighted by Crippen LogP contribution is 2.28. The van der Waals surface area contributed by atoms with E-state index in [2.05, 4.69) is 10.2 Å². The van der Waals surface area contributed by atoms with Gasteiger partial charge in [0.25, 0.3) is 17.0 Å². The lowest BCUT2D eigenvalue weighted by atomic mass is 10.1. The molecule has 0 radical (unpaired) electrons. The Bertz CT molecular complexity index is 954. The van der Waals surface area contributed by atoms with Crippen LogP contribution in [0.2, 0.25) is 5.02 Å². The first-order valence-electron chi connectivity index (χ1n) is 7.31. The number of amides is 2. The number of benzene rings is 2. The van der Waals surface area contributed by atoms with Crippen LogP contribution < -0.4 is 0 Å². The van der Waals surface area contributed by atoms with Crippen LogP contribution in [0.5, 0.6) is 0 Å². The van der Waals surface area contributed by atoms with E-state index in [4.69, 9.17) is 16.0 Å². The maximum absolute atomic E-state index is 12.3. The Hall–Kier alpha value is -2.64. The summed E-state index contributed by atoms with van der Waals surface area (Å²) in [7, 11) is 0. The molecule has 0 atom stereocenters. The zero-order valence-corrected chi connectivity index (χ0v) is 14.3. The first-order valence-corrected chi connectivity index (χ1v) is 8.67. The molecular weight excluding hydrogens is 362 g/mol. The molecule has 1 aromatic heterocycles. The first-order chi connectivity index (χ1) is 12.1. The molecule has 2 amide bonds. The molecule has 1 aliphatic rings. The van der Waals surface area contributed by atoms with Gasteiger partial charge in [0.15, 0.2) is 0 Å².